The molecule has 11 heteroatoms. The number of aryl methyl sites for hydroxylation is 2. The minimum atomic E-state index is -1.11. The first-order valence-corrected chi connectivity index (χ1v) is 16.9. The zero-order valence-electron chi connectivity index (χ0n) is 26.3. The molecule has 0 radical (unpaired) electrons. The average molecular weight is 632 g/mol. The van der Waals surface area contributed by atoms with Crippen LogP contribution in [-0.4, -0.2) is 79.5 Å². The van der Waals surface area contributed by atoms with Gasteiger partial charge in [0.05, 0.1) is 34.0 Å². The van der Waals surface area contributed by atoms with Crippen LogP contribution in [0.3, 0.4) is 0 Å². The van der Waals surface area contributed by atoms with E-state index in [1.807, 2.05) is 0 Å². The number of fused-ring (bicyclic) bond motifs is 5. The minimum absolute atomic E-state index is 0.0679. The Hall–Kier alpha value is -3.21. The number of nitrogens with zero attached hydrogens (tertiary/aromatic N) is 7. The number of benzene rings is 1. The molecule has 1 spiro atoms. The van der Waals surface area contributed by atoms with Crippen LogP contribution in [0.4, 0.5) is 5.82 Å². The molecule has 10 nitrogen and oxygen atoms in total. The van der Waals surface area contributed by atoms with Gasteiger partial charge in [0.1, 0.15) is 12.4 Å². The average Bonchev–Trinajstić information content (AvgIpc) is 3.59. The van der Waals surface area contributed by atoms with Crippen molar-refractivity contribution in [2.45, 2.75) is 89.0 Å². The van der Waals surface area contributed by atoms with Crippen molar-refractivity contribution >= 4 is 23.4 Å². The molecule has 5 aliphatic rings. The highest BCUT2D eigenvalue weighted by Gasteiger charge is 2.48. The maximum absolute atomic E-state index is 11.8. The molecule has 1 N–H and O–H groups in total. The van der Waals surface area contributed by atoms with Crippen molar-refractivity contribution in [1.29, 1.82) is 0 Å². The number of carboxylic acid groups (broad SMARTS) is 1. The predicted octanol–water partition coefficient (Wildman–Crippen LogP) is 4.91. The molecule has 6 heterocycles. The lowest BCUT2D eigenvalue weighted by atomic mass is 9.71. The molecule has 1 aromatic carbocycles. The number of likely N-dealkylation sites (N-methyl/N-ethyl adjacent to an activating group) is 1. The van der Waals surface area contributed by atoms with Gasteiger partial charge in [-0.2, -0.15) is 15.1 Å². The third kappa shape index (κ3) is 4.74. The third-order valence-electron chi connectivity index (χ3n) is 11.3. The van der Waals surface area contributed by atoms with Gasteiger partial charge < -0.3 is 14.7 Å². The van der Waals surface area contributed by atoms with Gasteiger partial charge in [-0.25, -0.2) is 4.79 Å². The summed E-state index contributed by atoms with van der Waals surface area (Å²) in [6.45, 7) is 7.71. The number of carbonyl (C=O) groups is 1. The number of aromatic carboxylic acids is 1. The quantitative estimate of drug-likeness (QED) is 0.421. The van der Waals surface area contributed by atoms with E-state index in [4.69, 9.17) is 26.3 Å². The maximum Gasteiger partial charge on any atom is 0.357 e. The number of anilines is 1. The van der Waals surface area contributed by atoms with Gasteiger partial charge in [-0.1, -0.05) is 42.8 Å². The van der Waals surface area contributed by atoms with Crippen LogP contribution in [-0.2, 0) is 38.0 Å². The molecular weight excluding hydrogens is 590 g/mol. The minimum Gasteiger partial charge on any atom is -0.476 e. The van der Waals surface area contributed by atoms with E-state index < -0.39 is 5.97 Å². The number of aromatic nitrogens is 4. The Kier molecular flexibility index (Phi) is 7.11. The van der Waals surface area contributed by atoms with E-state index in [0.29, 0.717) is 37.3 Å². The Morgan fingerprint density at radius 1 is 1.11 bits per heavy atom. The summed E-state index contributed by atoms with van der Waals surface area (Å²) in [4.78, 5) is 29.6. The van der Waals surface area contributed by atoms with Crippen molar-refractivity contribution in [2.24, 2.45) is 5.92 Å². The topological polar surface area (TPSA) is 99.8 Å². The molecule has 0 unspecified atom stereocenters. The van der Waals surface area contributed by atoms with Crippen LogP contribution in [0, 0.1) is 5.92 Å². The Morgan fingerprint density at radius 2 is 1.98 bits per heavy atom. The molecule has 0 bridgehead atoms. The summed E-state index contributed by atoms with van der Waals surface area (Å²) in [6.07, 6.45) is 8.45. The second-order valence-electron chi connectivity index (χ2n) is 14.1. The van der Waals surface area contributed by atoms with Crippen molar-refractivity contribution in [2.75, 3.05) is 38.2 Å². The number of rotatable bonds is 5. The summed E-state index contributed by atoms with van der Waals surface area (Å²) >= 11 is 6.63. The molecule has 2 aromatic heterocycles. The molecule has 4 aliphatic heterocycles. The molecule has 0 amide bonds. The van der Waals surface area contributed by atoms with Crippen LogP contribution < -0.4 is 9.64 Å². The van der Waals surface area contributed by atoms with Crippen LogP contribution in [0.1, 0.15) is 84.0 Å². The molecule has 2 saturated heterocycles. The smallest absolute Gasteiger partial charge is 0.357 e. The van der Waals surface area contributed by atoms with Crippen LogP contribution >= 0.6 is 11.6 Å². The molecule has 3 atom stereocenters. The van der Waals surface area contributed by atoms with Gasteiger partial charge >= 0.3 is 12.0 Å². The molecule has 1 aliphatic carbocycles. The van der Waals surface area contributed by atoms with E-state index in [-0.39, 0.29) is 21.8 Å². The van der Waals surface area contributed by atoms with Gasteiger partial charge in [0, 0.05) is 38.2 Å². The van der Waals surface area contributed by atoms with Gasteiger partial charge in [0.15, 0.2) is 5.69 Å². The second-order valence-corrected chi connectivity index (χ2v) is 14.5. The first-order valence-electron chi connectivity index (χ1n) is 16.6. The number of hydrogen-bond donors (Lipinski definition) is 1. The zero-order valence-corrected chi connectivity index (χ0v) is 27.0. The van der Waals surface area contributed by atoms with Gasteiger partial charge in [0.25, 0.3) is 0 Å². The van der Waals surface area contributed by atoms with Gasteiger partial charge in [0.2, 0.25) is 0 Å². The summed E-state index contributed by atoms with van der Waals surface area (Å²) in [5, 5.41) is 14.2. The number of ether oxygens (including phenoxy) is 1. The van der Waals surface area contributed by atoms with Crippen molar-refractivity contribution < 1.29 is 14.6 Å². The Bertz CT molecular complexity index is 1660. The van der Waals surface area contributed by atoms with Crippen molar-refractivity contribution in [3.63, 3.8) is 0 Å². The van der Waals surface area contributed by atoms with E-state index in [0.717, 1.165) is 88.2 Å². The standard InChI is InChI=1S/C34H42ClN7O3/c1-22-16-33(11-6-14-41(33)18-22)21-45-32-36-26-17-34(12-5-9-23-8-3-4-10-25(23)34)39(2)19-24(26)30(37-32)40-13-7-15-42-27(20-40)28(35)29(38-42)31(43)44/h3-4,8,10,22H,5-7,9,11-21H2,1-2H3,(H,43,44)/t22-,33+,34+/m1/s1. The number of carboxylic acids is 1. The summed E-state index contributed by atoms with van der Waals surface area (Å²) in [6, 6.07) is 9.36. The highest BCUT2D eigenvalue weighted by atomic mass is 35.5. The lowest BCUT2D eigenvalue weighted by Gasteiger charge is -2.49. The summed E-state index contributed by atoms with van der Waals surface area (Å²) < 4.78 is 8.40. The lowest BCUT2D eigenvalue weighted by Crippen LogP contribution is -2.51. The second kappa shape index (κ2) is 11.0. The van der Waals surface area contributed by atoms with E-state index in [2.05, 4.69) is 58.0 Å². The highest BCUT2D eigenvalue weighted by Crippen LogP contribution is 2.47. The van der Waals surface area contributed by atoms with E-state index in [1.165, 1.54) is 17.5 Å². The summed E-state index contributed by atoms with van der Waals surface area (Å²) in [5.74, 6) is 0.422. The van der Waals surface area contributed by atoms with E-state index in [9.17, 15) is 9.90 Å². The van der Waals surface area contributed by atoms with Crippen LogP contribution in [0.2, 0.25) is 5.02 Å². The zero-order chi connectivity index (χ0) is 30.9. The largest absolute Gasteiger partial charge is 0.476 e. The van der Waals surface area contributed by atoms with E-state index in [1.54, 1.807) is 4.68 Å². The maximum atomic E-state index is 11.8. The van der Waals surface area contributed by atoms with Crippen LogP contribution in [0.5, 0.6) is 6.01 Å². The molecule has 0 saturated carbocycles. The molecular formula is C34H42ClN7O3. The van der Waals surface area contributed by atoms with Crippen molar-refractivity contribution in [3.8, 4) is 6.01 Å². The lowest BCUT2D eigenvalue weighted by molar-refractivity contribution is 0.0689. The van der Waals surface area contributed by atoms with Gasteiger partial charge in [-0.05, 0) is 75.6 Å². The molecule has 2 fully saturated rings. The predicted molar refractivity (Wildman–Crippen MR) is 171 cm³/mol. The first-order chi connectivity index (χ1) is 21.8. The van der Waals surface area contributed by atoms with Crippen LogP contribution in [0.15, 0.2) is 24.3 Å². The molecule has 45 heavy (non-hydrogen) atoms. The van der Waals surface area contributed by atoms with Crippen LogP contribution in [0.25, 0.3) is 0 Å². The van der Waals surface area contributed by atoms with Crippen molar-refractivity contribution in [1.82, 2.24) is 29.5 Å². The third-order valence-corrected chi connectivity index (χ3v) is 11.7. The highest BCUT2D eigenvalue weighted by molar-refractivity contribution is 6.33. The fraction of sp³-hybridized carbons (Fsp3) is 0.588. The summed E-state index contributed by atoms with van der Waals surface area (Å²) in [7, 11) is 2.24. The molecule has 238 valence electrons. The number of halogens is 1. The molecule has 8 rings (SSSR count). The Labute approximate surface area is 269 Å². The van der Waals surface area contributed by atoms with Crippen molar-refractivity contribution in [3.05, 3.63) is 63.1 Å². The van der Waals surface area contributed by atoms with Gasteiger partial charge in [-0.15, -0.1) is 0 Å². The SMILES string of the molecule is C[C@H]1CN2CCC[C@@]2(COc2nc3c(c(N4CCCn5nc(C(=O)O)c(Cl)c5C4)n2)CN(C)[C@@]2(CCCc4ccccc42)C3)C1. The Morgan fingerprint density at radius 3 is 2.84 bits per heavy atom. The Balaban J connectivity index is 1.20. The summed E-state index contributed by atoms with van der Waals surface area (Å²) in [5.41, 5.74) is 5.60. The fourth-order valence-electron chi connectivity index (χ4n) is 9.23. The van der Waals surface area contributed by atoms with E-state index >= 15 is 0 Å². The molecule has 3 aromatic rings. The monoisotopic (exact) mass is 631 g/mol. The van der Waals surface area contributed by atoms with Gasteiger partial charge in [-0.3, -0.25) is 14.5 Å². The normalized spacial score (nSPS) is 28.0. The fourth-order valence-corrected chi connectivity index (χ4v) is 9.50. The first kappa shape index (κ1) is 29.2. The number of hydrogen-bond acceptors (Lipinski definition) is 8.